The Kier molecular flexibility index (Phi) is 11.8. The molecule has 4 fully saturated rings. The predicted octanol–water partition coefficient (Wildman–Crippen LogP) is 4.87. The minimum Gasteiger partial charge on any atom is -0.494 e. The third kappa shape index (κ3) is 10.2. The van der Waals surface area contributed by atoms with Crippen LogP contribution in [0.1, 0.15) is 56.2 Å². The molecule has 0 unspecified atom stereocenters. The number of rotatable bonds is 17. The molecule has 2 amide bonds. The van der Waals surface area contributed by atoms with Crippen molar-refractivity contribution in [2.75, 3.05) is 52.8 Å². The van der Waals surface area contributed by atoms with E-state index in [2.05, 4.69) is 20.6 Å². The Hall–Kier alpha value is -3.70. The fraction of sp³-hybridized carbons (Fsp3) is 0.576. The van der Waals surface area contributed by atoms with Gasteiger partial charge in [0.25, 0.3) is 0 Å². The molecule has 4 aliphatic carbocycles. The van der Waals surface area contributed by atoms with Crippen molar-refractivity contribution in [2.45, 2.75) is 50.5 Å². The minimum atomic E-state index is -0.492. The highest BCUT2D eigenvalue weighted by Crippen LogP contribution is 2.55. The van der Waals surface area contributed by atoms with E-state index in [-0.39, 0.29) is 31.5 Å². The molecule has 44 heavy (non-hydrogen) atoms. The third-order valence-electron chi connectivity index (χ3n) is 8.49. The molecule has 0 saturated heterocycles. The van der Waals surface area contributed by atoms with Crippen molar-refractivity contribution < 1.29 is 33.3 Å². The highest BCUT2D eigenvalue weighted by Gasteiger charge is 2.51. The fourth-order valence-electron chi connectivity index (χ4n) is 6.98. The Morgan fingerprint density at radius 3 is 2.07 bits per heavy atom. The van der Waals surface area contributed by atoms with Crippen LogP contribution in [0.3, 0.4) is 0 Å². The lowest BCUT2D eigenvalue weighted by molar-refractivity contribution is -0.0219. The Bertz CT molecular complexity index is 1170. The van der Waals surface area contributed by atoms with Crippen LogP contribution in [0.15, 0.2) is 42.9 Å². The van der Waals surface area contributed by atoms with Gasteiger partial charge >= 0.3 is 12.2 Å². The lowest BCUT2D eigenvalue weighted by Gasteiger charge is -2.56. The van der Waals surface area contributed by atoms with Crippen molar-refractivity contribution in [1.29, 1.82) is 0 Å². The SMILES string of the molecule is O=C(NCCCOc1ccc(/C=C/c2ccncn2)cc1)OCCOCCOCCOC(=O)NC12CC3CC(CC(C3)C1)C2. The maximum Gasteiger partial charge on any atom is 0.407 e. The molecule has 4 saturated carbocycles. The first kappa shape index (κ1) is 31.7. The lowest BCUT2D eigenvalue weighted by atomic mass is 9.53. The number of alkyl carbamates (subject to hydrolysis) is 2. The number of nitrogens with one attached hydrogen (secondary N) is 2. The van der Waals surface area contributed by atoms with Crippen molar-refractivity contribution >= 4 is 24.3 Å². The van der Waals surface area contributed by atoms with Crippen molar-refractivity contribution in [2.24, 2.45) is 17.8 Å². The number of carbonyl (C=O) groups excluding carboxylic acids is 2. The summed E-state index contributed by atoms with van der Waals surface area (Å²) in [5.74, 6) is 3.09. The van der Waals surface area contributed by atoms with Crippen LogP contribution >= 0.6 is 0 Å². The Morgan fingerprint density at radius 1 is 0.795 bits per heavy atom. The molecule has 11 nitrogen and oxygen atoms in total. The predicted molar refractivity (Wildman–Crippen MR) is 164 cm³/mol. The second-order valence-corrected chi connectivity index (χ2v) is 12.0. The van der Waals surface area contributed by atoms with Crippen molar-refractivity contribution in [3.8, 4) is 5.75 Å². The third-order valence-corrected chi connectivity index (χ3v) is 8.49. The monoisotopic (exact) mass is 608 g/mol. The van der Waals surface area contributed by atoms with Gasteiger partial charge in [-0.3, -0.25) is 0 Å². The zero-order valence-electron chi connectivity index (χ0n) is 25.3. The van der Waals surface area contributed by atoms with Crippen molar-refractivity contribution in [3.05, 3.63) is 54.1 Å². The Labute approximate surface area is 259 Å². The Balaban J connectivity index is 0.798. The number of carbonyl (C=O) groups is 2. The molecule has 2 aromatic rings. The summed E-state index contributed by atoms with van der Waals surface area (Å²) in [6.07, 6.45) is 14.3. The molecular formula is C33H44N4O7. The molecular weight excluding hydrogens is 564 g/mol. The molecule has 6 rings (SSSR count). The van der Waals surface area contributed by atoms with Crippen LogP contribution in [0.25, 0.3) is 12.2 Å². The van der Waals surface area contributed by atoms with E-state index in [1.807, 2.05) is 42.5 Å². The smallest absolute Gasteiger partial charge is 0.407 e. The molecule has 2 N–H and O–H groups in total. The standard InChI is InChI=1S/C33H44N4O7/c38-31(35-9-1-11-42-30-6-3-25(4-7-30)2-5-29-8-10-34-24-36-29)43-16-14-40-12-13-41-15-17-44-32(39)37-33-21-26-18-27(22-33)20-28(19-26)23-33/h2-8,10,24,26-28H,1,9,11-23H2,(H,35,38)(H,37,39)/b5-2+. The number of amides is 2. The first-order valence-electron chi connectivity index (χ1n) is 15.7. The van der Waals surface area contributed by atoms with Crippen LogP contribution in [-0.4, -0.2) is 80.5 Å². The summed E-state index contributed by atoms with van der Waals surface area (Å²) in [6.45, 7) is 2.58. The van der Waals surface area contributed by atoms with Gasteiger partial charge in [-0.05, 0) is 92.5 Å². The summed E-state index contributed by atoms with van der Waals surface area (Å²) >= 11 is 0. The van der Waals surface area contributed by atoms with Crippen LogP contribution in [0, 0.1) is 17.8 Å². The molecule has 0 spiro atoms. The van der Waals surface area contributed by atoms with Gasteiger partial charge in [0.15, 0.2) is 0 Å². The van der Waals surface area contributed by atoms with Gasteiger partial charge in [-0.15, -0.1) is 0 Å². The highest BCUT2D eigenvalue weighted by atomic mass is 16.6. The zero-order valence-corrected chi connectivity index (χ0v) is 25.3. The van der Waals surface area contributed by atoms with Gasteiger partial charge in [-0.25, -0.2) is 19.6 Å². The van der Waals surface area contributed by atoms with Gasteiger partial charge in [0.1, 0.15) is 25.3 Å². The zero-order chi connectivity index (χ0) is 30.5. The fourth-order valence-corrected chi connectivity index (χ4v) is 6.98. The molecule has 1 heterocycles. The summed E-state index contributed by atoms with van der Waals surface area (Å²) in [7, 11) is 0. The maximum atomic E-state index is 12.3. The number of ether oxygens (including phenoxy) is 5. The van der Waals surface area contributed by atoms with E-state index >= 15 is 0 Å². The number of hydrogen-bond donors (Lipinski definition) is 2. The summed E-state index contributed by atoms with van der Waals surface area (Å²) in [5, 5.41) is 5.89. The molecule has 4 aliphatic rings. The lowest BCUT2D eigenvalue weighted by Crippen LogP contribution is -2.59. The number of hydrogen-bond acceptors (Lipinski definition) is 9. The van der Waals surface area contributed by atoms with Crippen LogP contribution in [0.5, 0.6) is 5.75 Å². The number of aromatic nitrogens is 2. The maximum absolute atomic E-state index is 12.3. The number of nitrogens with zero attached hydrogens (tertiary/aromatic N) is 2. The molecule has 1 aromatic heterocycles. The van der Waals surface area contributed by atoms with Gasteiger partial charge in [0.05, 0.1) is 38.7 Å². The summed E-state index contributed by atoms with van der Waals surface area (Å²) in [4.78, 5) is 32.2. The molecule has 4 bridgehead atoms. The molecule has 0 aliphatic heterocycles. The first-order valence-corrected chi connectivity index (χ1v) is 15.7. The highest BCUT2D eigenvalue weighted by molar-refractivity contribution is 5.69. The molecule has 11 heteroatoms. The minimum absolute atomic E-state index is 0.0414. The van der Waals surface area contributed by atoms with E-state index in [0.717, 1.165) is 54.0 Å². The van der Waals surface area contributed by atoms with Crippen LogP contribution in [-0.2, 0) is 18.9 Å². The van der Waals surface area contributed by atoms with Crippen LogP contribution < -0.4 is 15.4 Å². The first-order chi connectivity index (χ1) is 21.6. The second kappa shape index (κ2) is 16.4. The van der Waals surface area contributed by atoms with E-state index in [9.17, 15) is 9.59 Å². The van der Waals surface area contributed by atoms with E-state index in [4.69, 9.17) is 23.7 Å². The molecule has 0 atom stereocenters. The van der Waals surface area contributed by atoms with Gasteiger partial charge in [0.2, 0.25) is 0 Å². The quantitative estimate of drug-likeness (QED) is 0.242. The summed E-state index contributed by atoms with van der Waals surface area (Å²) < 4.78 is 27.1. The Morgan fingerprint density at radius 2 is 1.43 bits per heavy atom. The topological polar surface area (TPSA) is 130 Å². The average molecular weight is 609 g/mol. The van der Waals surface area contributed by atoms with E-state index < -0.39 is 6.09 Å². The van der Waals surface area contributed by atoms with Gasteiger partial charge in [-0.2, -0.15) is 0 Å². The van der Waals surface area contributed by atoms with E-state index in [0.29, 0.717) is 39.4 Å². The average Bonchev–Trinajstić information content (AvgIpc) is 3.01. The van der Waals surface area contributed by atoms with E-state index in [1.54, 1.807) is 6.20 Å². The number of benzene rings is 1. The molecule has 1 aromatic carbocycles. The van der Waals surface area contributed by atoms with Gasteiger partial charge in [0, 0.05) is 18.3 Å². The summed E-state index contributed by atoms with van der Waals surface area (Å²) in [5.41, 5.74) is 1.84. The van der Waals surface area contributed by atoms with Crippen molar-refractivity contribution in [3.63, 3.8) is 0 Å². The van der Waals surface area contributed by atoms with Gasteiger partial charge < -0.3 is 34.3 Å². The molecule has 0 radical (unpaired) electrons. The van der Waals surface area contributed by atoms with Gasteiger partial charge in [-0.1, -0.05) is 18.2 Å². The van der Waals surface area contributed by atoms with E-state index in [1.165, 1.54) is 25.6 Å². The van der Waals surface area contributed by atoms with Crippen molar-refractivity contribution in [1.82, 2.24) is 20.6 Å². The van der Waals surface area contributed by atoms with Crippen LogP contribution in [0.2, 0.25) is 0 Å². The summed E-state index contributed by atoms with van der Waals surface area (Å²) in [6, 6.07) is 9.59. The van der Waals surface area contributed by atoms with Crippen LogP contribution in [0.4, 0.5) is 9.59 Å². The largest absolute Gasteiger partial charge is 0.494 e. The molecule has 238 valence electrons. The second-order valence-electron chi connectivity index (χ2n) is 12.0. The normalized spacial score (nSPS) is 23.4.